The Labute approximate surface area is 144 Å². The van der Waals surface area contributed by atoms with Crippen molar-refractivity contribution >= 4 is 22.9 Å². The molecule has 2 heterocycles. The van der Waals surface area contributed by atoms with Gasteiger partial charge in [-0.25, -0.2) is 4.98 Å². The average Bonchev–Trinajstić information content (AvgIpc) is 3.01. The van der Waals surface area contributed by atoms with Crippen LogP contribution in [-0.4, -0.2) is 15.2 Å². The number of hydrogen-bond acceptors (Lipinski definition) is 2. The van der Waals surface area contributed by atoms with Crippen molar-refractivity contribution in [2.24, 2.45) is 0 Å². The standard InChI is InChI=1S/C20H13ClN2O/c21-16-10-6-9-15(13-16)19(24)20-22-18(14-7-2-1-3-8-14)17-11-4-5-12-23(17)20/h1-13H. The van der Waals surface area contributed by atoms with Crippen molar-refractivity contribution in [3.8, 4) is 11.3 Å². The number of pyridine rings is 1. The number of rotatable bonds is 3. The van der Waals surface area contributed by atoms with E-state index in [-0.39, 0.29) is 5.78 Å². The molecule has 4 aromatic rings. The minimum absolute atomic E-state index is 0.152. The molecule has 24 heavy (non-hydrogen) atoms. The Bertz CT molecular complexity index is 1040. The maximum absolute atomic E-state index is 12.9. The molecule has 3 nitrogen and oxygen atoms in total. The molecule has 0 fully saturated rings. The van der Waals surface area contributed by atoms with Gasteiger partial charge in [-0.15, -0.1) is 0 Å². The monoisotopic (exact) mass is 332 g/mol. The number of benzene rings is 2. The lowest BCUT2D eigenvalue weighted by Crippen LogP contribution is -2.06. The van der Waals surface area contributed by atoms with E-state index in [1.807, 2.05) is 59.1 Å². The Hall–Kier alpha value is -2.91. The van der Waals surface area contributed by atoms with Gasteiger partial charge in [0.2, 0.25) is 5.78 Å². The van der Waals surface area contributed by atoms with Gasteiger partial charge in [0.05, 0.1) is 11.2 Å². The van der Waals surface area contributed by atoms with E-state index in [0.29, 0.717) is 16.4 Å². The predicted molar refractivity (Wildman–Crippen MR) is 95.5 cm³/mol. The van der Waals surface area contributed by atoms with Gasteiger partial charge in [0.1, 0.15) is 0 Å². The smallest absolute Gasteiger partial charge is 0.228 e. The van der Waals surface area contributed by atoms with Crippen LogP contribution in [0.5, 0.6) is 0 Å². The van der Waals surface area contributed by atoms with Gasteiger partial charge in [0.25, 0.3) is 0 Å². The van der Waals surface area contributed by atoms with E-state index in [1.165, 1.54) is 0 Å². The molecule has 0 aliphatic heterocycles. The number of carbonyl (C=O) groups excluding carboxylic acids is 1. The summed E-state index contributed by atoms with van der Waals surface area (Å²) in [5.74, 6) is 0.229. The van der Waals surface area contributed by atoms with E-state index in [9.17, 15) is 4.79 Å². The topological polar surface area (TPSA) is 34.4 Å². The molecule has 0 spiro atoms. The van der Waals surface area contributed by atoms with Gasteiger partial charge in [0, 0.05) is 22.3 Å². The molecule has 0 bridgehead atoms. The summed E-state index contributed by atoms with van der Waals surface area (Å²) in [5.41, 5.74) is 3.19. The van der Waals surface area contributed by atoms with Gasteiger partial charge in [-0.3, -0.25) is 9.20 Å². The second kappa shape index (κ2) is 5.95. The molecule has 116 valence electrons. The maximum atomic E-state index is 12.9. The van der Waals surface area contributed by atoms with Gasteiger partial charge >= 0.3 is 0 Å². The highest BCUT2D eigenvalue weighted by atomic mass is 35.5. The molecule has 2 aromatic carbocycles. The number of imidazole rings is 1. The molecule has 0 N–H and O–H groups in total. The van der Waals surface area contributed by atoms with E-state index >= 15 is 0 Å². The summed E-state index contributed by atoms with van der Waals surface area (Å²) in [7, 11) is 0. The van der Waals surface area contributed by atoms with E-state index in [0.717, 1.165) is 16.8 Å². The van der Waals surface area contributed by atoms with E-state index in [1.54, 1.807) is 24.3 Å². The van der Waals surface area contributed by atoms with Gasteiger partial charge in [0.15, 0.2) is 5.82 Å². The molecule has 2 aromatic heterocycles. The third-order valence-corrected chi connectivity index (χ3v) is 4.12. The highest BCUT2D eigenvalue weighted by molar-refractivity contribution is 6.31. The normalized spacial score (nSPS) is 10.9. The van der Waals surface area contributed by atoms with E-state index in [4.69, 9.17) is 11.6 Å². The molecular weight excluding hydrogens is 320 g/mol. The fourth-order valence-corrected chi connectivity index (χ4v) is 2.96. The lowest BCUT2D eigenvalue weighted by molar-refractivity contribution is 0.102. The van der Waals surface area contributed by atoms with E-state index in [2.05, 4.69) is 4.98 Å². The number of nitrogens with zero attached hydrogens (tertiary/aromatic N) is 2. The summed E-state index contributed by atoms with van der Waals surface area (Å²) >= 11 is 6.02. The average molecular weight is 333 g/mol. The van der Waals surface area contributed by atoms with Crippen LogP contribution in [0.15, 0.2) is 79.0 Å². The van der Waals surface area contributed by atoms with Crippen LogP contribution >= 0.6 is 11.6 Å². The first-order valence-electron chi connectivity index (χ1n) is 7.57. The first-order valence-corrected chi connectivity index (χ1v) is 7.94. The molecule has 0 aliphatic rings. The van der Waals surface area contributed by atoms with Gasteiger partial charge in [-0.1, -0.05) is 60.1 Å². The second-order valence-electron chi connectivity index (χ2n) is 5.45. The summed E-state index contributed by atoms with van der Waals surface area (Å²) in [6.07, 6.45) is 1.85. The SMILES string of the molecule is O=C(c1cccc(Cl)c1)c1nc(-c2ccccc2)c2ccccn12. The molecule has 4 heteroatoms. The molecule has 0 atom stereocenters. The minimum atomic E-state index is -0.152. The Morgan fingerprint density at radius 1 is 0.917 bits per heavy atom. The quantitative estimate of drug-likeness (QED) is 0.501. The van der Waals surface area contributed by atoms with Crippen molar-refractivity contribution in [3.05, 3.63) is 95.4 Å². The van der Waals surface area contributed by atoms with Crippen molar-refractivity contribution in [2.75, 3.05) is 0 Å². The minimum Gasteiger partial charge on any atom is -0.296 e. The van der Waals surface area contributed by atoms with Gasteiger partial charge in [-0.2, -0.15) is 0 Å². The van der Waals surface area contributed by atoms with E-state index < -0.39 is 0 Å². The first kappa shape index (κ1) is 14.7. The van der Waals surface area contributed by atoms with Crippen molar-refractivity contribution in [3.63, 3.8) is 0 Å². The predicted octanol–water partition coefficient (Wildman–Crippen LogP) is 4.89. The summed E-state index contributed by atoms with van der Waals surface area (Å²) in [6.45, 7) is 0. The fraction of sp³-hybridized carbons (Fsp3) is 0. The second-order valence-corrected chi connectivity index (χ2v) is 5.88. The van der Waals surface area contributed by atoms with Crippen LogP contribution in [-0.2, 0) is 0 Å². The number of aromatic nitrogens is 2. The zero-order valence-corrected chi connectivity index (χ0v) is 13.4. The number of ketones is 1. The van der Waals surface area contributed by atoms with Crippen molar-refractivity contribution in [2.45, 2.75) is 0 Å². The Balaban J connectivity index is 1.92. The molecule has 0 saturated heterocycles. The summed E-state index contributed by atoms with van der Waals surface area (Å²) in [4.78, 5) is 17.6. The largest absolute Gasteiger partial charge is 0.296 e. The third kappa shape index (κ3) is 2.49. The Morgan fingerprint density at radius 3 is 2.50 bits per heavy atom. The van der Waals surface area contributed by atoms with Crippen LogP contribution in [0.25, 0.3) is 16.8 Å². The van der Waals surface area contributed by atoms with Crippen LogP contribution in [0, 0.1) is 0 Å². The number of hydrogen-bond donors (Lipinski definition) is 0. The number of fused-ring (bicyclic) bond motifs is 1. The van der Waals surface area contributed by atoms with Crippen LogP contribution < -0.4 is 0 Å². The van der Waals surface area contributed by atoms with Crippen LogP contribution in [0.1, 0.15) is 16.2 Å². The molecule has 0 unspecified atom stereocenters. The summed E-state index contributed by atoms with van der Waals surface area (Å²) in [6, 6.07) is 22.6. The van der Waals surface area contributed by atoms with Crippen LogP contribution in [0.2, 0.25) is 5.02 Å². The Morgan fingerprint density at radius 2 is 1.71 bits per heavy atom. The van der Waals surface area contributed by atoms with Crippen LogP contribution in [0.3, 0.4) is 0 Å². The van der Waals surface area contributed by atoms with Crippen molar-refractivity contribution in [1.82, 2.24) is 9.38 Å². The number of halogens is 1. The molecular formula is C20H13ClN2O. The fourth-order valence-electron chi connectivity index (χ4n) is 2.77. The zero-order chi connectivity index (χ0) is 16.5. The lowest BCUT2D eigenvalue weighted by Gasteiger charge is -2.01. The van der Waals surface area contributed by atoms with Gasteiger partial charge in [-0.05, 0) is 24.3 Å². The summed E-state index contributed by atoms with van der Waals surface area (Å²) < 4.78 is 1.82. The lowest BCUT2D eigenvalue weighted by atomic mass is 10.1. The molecule has 0 amide bonds. The Kier molecular flexibility index (Phi) is 3.63. The first-order chi connectivity index (χ1) is 11.7. The van der Waals surface area contributed by atoms with Crippen molar-refractivity contribution in [1.29, 1.82) is 0 Å². The molecule has 0 saturated carbocycles. The third-order valence-electron chi connectivity index (χ3n) is 3.89. The number of carbonyl (C=O) groups is 1. The highest BCUT2D eigenvalue weighted by Gasteiger charge is 2.19. The highest BCUT2D eigenvalue weighted by Crippen LogP contribution is 2.26. The molecule has 0 radical (unpaired) electrons. The summed E-state index contributed by atoms with van der Waals surface area (Å²) in [5, 5.41) is 0.532. The zero-order valence-electron chi connectivity index (χ0n) is 12.7. The molecule has 0 aliphatic carbocycles. The van der Waals surface area contributed by atoms with Crippen molar-refractivity contribution < 1.29 is 4.79 Å². The van der Waals surface area contributed by atoms with Crippen LogP contribution in [0.4, 0.5) is 0 Å². The molecule has 4 rings (SSSR count). The maximum Gasteiger partial charge on any atom is 0.228 e. The van der Waals surface area contributed by atoms with Gasteiger partial charge < -0.3 is 0 Å².